The predicted molar refractivity (Wildman–Crippen MR) is 149 cm³/mol. The summed E-state index contributed by atoms with van der Waals surface area (Å²) in [5, 5.41) is 12.3. The normalized spacial score (nSPS) is 20.3. The molecule has 0 unspecified atom stereocenters. The van der Waals surface area contributed by atoms with Gasteiger partial charge in [-0.05, 0) is 98.4 Å². The second-order valence-electron chi connectivity index (χ2n) is 10.1. The molecule has 0 atom stereocenters. The Morgan fingerprint density at radius 2 is 1.78 bits per heavy atom. The van der Waals surface area contributed by atoms with Crippen molar-refractivity contribution in [2.45, 2.75) is 55.9 Å². The van der Waals surface area contributed by atoms with Crippen molar-refractivity contribution in [3.8, 4) is 6.07 Å². The third-order valence-corrected chi connectivity index (χ3v) is 8.65. The first-order valence-electron chi connectivity index (χ1n) is 12.8. The lowest BCUT2D eigenvalue weighted by molar-refractivity contribution is -0.117. The molecule has 4 rings (SSSR count). The number of nitriles is 1. The number of rotatable bonds is 7. The molecule has 0 bridgehead atoms. The Morgan fingerprint density at radius 3 is 2.49 bits per heavy atom. The van der Waals surface area contributed by atoms with E-state index in [4.69, 9.17) is 0 Å². The number of nitrogens with zero attached hydrogens (tertiary/aromatic N) is 2. The van der Waals surface area contributed by atoms with Crippen molar-refractivity contribution >= 4 is 34.2 Å². The molecule has 1 amide bonds. The zero-order valence-electron chi connectivity index (χ0n) is 21.4. The fourth-order valence-electron chi connectivity index (χ4n) is 5.32. The number of fused-ring (bicyclic) bond motifs is 1. The molecule has 1 fully saturated rings. The number of carbonyl (C=O) groups excluding carboxylic acids is 1. The molecule has 0 radical (unpaired) electrons. The number of hydrogen-bond donors (Lipinski definition) is 1. The highest BCUT2D eigenvalue weighted by molar-refractivity contribution is 7.90. The largest absolute Gasteiger partial charge is 0.350 e. The van der Waals surface area contributed by atoms with Crippen molar-refractivity contribution in [3.05, 3.63) is 70.8 Å². The minimum Gasteiger partial charge on any atom is -0.350 e. The van der Waals surface area contributed by atoms with Gasteiger partial charge in [0.2, 0.25) is 5.91 Å². The van der Waals surface area contributed by atoms with Crippen molar-refractivity contribution in [1.29, 1.82) is 5.26 Å². The van der Waals surface area contributed by atoms with Crippen LogP contribution in [0, 0.1) is 17.2 Å². The summed E-state index contributed by atoms with van der Waals surface area (Å²) in [6.07, 6.45) is 11.8. The lowest BCUT2D eigenvalue weighted by atomic mass is 9.84. The number of hydrogen-bond acceptors (Lipinski definition) is 5. The molecular formula is C29H36ClN3O3S. The van der Waals surface area contributed by atoms with Crippen LogP contribution in [-0.2, 0) is 27.5 Å². The van der Waals surface area contributed by atoms with Crippen LogP contribution in [0.5, 0.6) is 0 Å². The zero-order valence-corrected chi connectivity index (χ0v) is 23.0. The van der Waals surface area contributed by atoms with E-state index in [1.165, 1.54) is 23.5 Å². The van der Waals surface area contributed by atoms with E-state index in [-0.39, 0.29) is 24.4 Å². The number of halogens is 1. The molecule has 8 heteroatoms. The molecule has 1 N–H and O–H groups in total. The Bertz CT molecular complexity index is 1260. The first kappa shape index (κ1) is 28.9. The van der Waals surface area contributed by atoms with Crippen LogP contribution in [-0.4, -0.2) is 51.2 Å². The van der Waals surface area contributed by atoms with Crippen LogP contribution in [0.4, 0.5) is 0 Å². The lowest BCUT2D eigenvalue weighted by Crippen LogP contribution is -2.37. The molecule has 6 nitrogen and oxygen atoms in total. The van der Waals surface area contributed by atoms with E-state index >= 15 is 0 Å². The molecule has 2 aromatic carbocycles. The van der Waals surface area contributed by atoms with Crippen molar-refractivity contribution < 1.29 is 13.2 Å². The Labute approximate surface area is 227 Å². The molecule has 1 aliphatic heterocycles. The average Bonchev–Trinajstić information content (AvgIpc) is 3.08. The van der Waals surface area contributed by atoms with E-state index < -0.39 is 9.84 Å². The van der Waals surface area contributed by atoms with Crippen molar-refractivity contribution in [2.75, 3.05) is 25.9 Å². The minimum atomic E-state index is -3.17. The van der Waals surface area contributed by atoms with Gasteiger partial charge < -0.3 is 10.2 Å². The van der Waals surface area contributed by atoms with Crippen LogP contribution in [0.15, 0.2) is 53.4 Å². The molecule has 2 aliphatic rings. The van der Waals surface area contributed by atoms with Gasteiger partial charge in [-0.15, -0.1) is 12.4 Å². The monoisotopic (exact) mass is 541 g/mol. The van der Waals surface area contributed by atoms with E-state index in [1.54, 1.807) is 18.2 Å². The van der Waals surface area contributed by atoms with Gasteiger partial charge in [0, 0.05) is 31.5 Å². The van der Waals surface area contributed by atoms with E-state index in [1.807, 2.05) is 30.3 Å². The summed E-state index contributed by atoms with van der Waals surface area (Å²) in [4.78, 5) is 15.3. The standard InChI is InChI=1S/C29H35N3O3S.ClH/c1-36(34,35)28-12-8-24-15-18-32(19-16-25(24)20-28)17-14-22-6-10-27(11-7-22)31-29(33)13-9-23-4-2-3-5-26(23)21-30;/h2-5,8-9,12-13,20,22,27H,6-7,10-11,14-19H2,1H3,(H,31,33);1H/b13-9+;. The van der Waals surface area contributed by atoms with E-state index in [9.17, 15) is 18.5 Å². The lowest BCUT2D eigenvalue weighted by Gasteiger charge is -2.30. The molecule has 0 aromatic heterocycles. The number of sulfone groups is 1. The van der Waals surface area contributed by atoms with Gasteiger partial charge in [-0.25, -0.2) is 8.42 Å². The summed E-state index contributed by atoms with van der Waals surface area (Å²) in [7, 11) is -3.17. The first-order chi connectivity index (χ1) is 17.3. The van der Waals surface area contributed by atoms with E-state index in [0.29, 0.717) is 16.4 Å². The SMILES string of the molecule is CS(=O)(=O)c1ccc2c(c1)CCN(CCC1CCC(NC(=O)/C=C/c3ccccc3C#N)CC1)CC2.Cl. The summed E-state index contributed by atoms with van der Waals surface area (Å²) in [6.45, 7) is 3.04. The van der Waals surface area contributed by atoms with E-state index in [0.717, 1.165) is 70.1 Å². The van der Waals surface area contributed by atoms with Crippen LogP contribution in [0.25, 0.3) is 6.08 Å². The minimum absolute atomic E-state index is 0. The number of amides is 1. The molecule has 1 aliphatic carbocycles. The molecule has 0 spiro atoms. The van der Waals surface area contributed by atoms with Gasteiger partial charge in [-0.3, -0.25) is 4.79 Å². The summed E-state index contributed by atoms with van der Waals surface area (Å²) >= 11 is 0. The average molecular weight is 542 g/mol. The number of nitrogens with one attached hydrogen (secondary N) is 1. The zero-order chi connectivity index (χ0) is 25.5. The van der Waals surface area contributed by atoms with Crippen molar-refractivity contribution in [2.24, 2.45) is 5.92 Å². The van der Waals surface area contributed by atoms with Crippen LogP contribution >= 0.6 is 12.4 Å². The molecule has 1 heterocycles. The van der Waals surface area contributed by atoms with Gasteiger partial charge >= 0.3 is 0 Å². The van der Waals surface area contributed by atoms with Crippen molar-refractivity contribution in [3.63, 3.8) is 0 Å². The van der Waals surface area contributed by atoms with Crippen LogP contribution in [0.1, 0.15) is 54.4 Å². The fourth-order valence-corrected chi connectivity index (χ4v) is 5.99. The Morgan fingerprint density at radius 1 is 1.08 bits per heavy atom. The van der Waals surface area contributed by atoms with E-state index in [2.05, 4.69) is 16.3 Å². The maximum atomic E-state index is 12.4. The summed E-state index contributed by atoms with van der Waals surface area (Å²) in [5.74, 6) is 0.577. The summed E-state index contributed by atoms with van der Waals surface area (Å²) in [5.41, 5.74) is 3.76. The van der Waals surface area contributed by atoms with Crippen LogP contribution < -0.4 is 5.32 Å². The Kier molecular flexibility index (Phi) is 10.3. The summed E-state index contributed by atoms with van der Waals surface area (Å²) < 4.78 is 23.8. The fraction of sp³-hybridized carbons (Fsp3) is 0.448. The van der Waals surface area contributed by atoms with Gasteiger partial charge in [0.1, 0.15) is 0 Å². The molecule has 198 valence electrons. The van der Waals surface area contributed by atoms with Gasteiger partial charge in [0.15, 0.2) is 9.84 Å². The van der Waals surface area contributed by atoms with Crippen molar-refractivity contribution in [1.82, 2.24) is 10.2 Å². The highest BCUT2D eigenvalue weighted by Gasteiger charge is 2.23. The third-order valence-electron chi connectivity index (χ3n) is 7.54. The Balaban J connectivity index is 0.00000380. The topological polar surface area (TPSA) is 90.3 Å². The highest BCUT2D eigenvalue weighted by atomic mass is 35.5. The number of carbonyl (C=O) groups is 1. The maximum Gasteiger partial charge on any atom is 0.244 e. The molecule has 2 aromatic rings. The third kappa shape index (κ3) is 8.16. The van der Waals surface area contributed by atoms with Crippen LogP contribution in [0.2, 0.25) is 0 Å². The van der Waals surface area contributed by atoms with Crippen LogP contribution in [0.3, 0.4) is 0 Å². The second kappa shape index (κ2) is 13.2. The predicted octanol–water partition coefficient (Wildman–Crippen LogP) is 4.56. The number of benzene rings is 2. The smallest absolute Gasteiger partial charge is 0.244 e. The highest BCUT2D eigenvalue weighted by Crippen LogP contribution is 2.28. The van der Waals surface area contributed by atoms with Gasteiger partial charge in [-0.1, -0.05) is 24.3 Å². The molecule has 1 saturated carbocycles. The molecule has 37 heavy (non-hydrogen) atoms. The van der Waals surface area contributed by atoms with Gasteiger partial charge in [0.25, 0.3) is 0 Å². The maximum absolute atomic E-state index is 12.4. The van der Waals surface area contributed by atoms with Gasteiger partial charge in [-0.2, -0.15) is 5.26 Å². The second-order valence-corrected chi connectivity index (χ2v) is 12.1. The quantitative estimate of drug-likeness (QED) is 0.519. The first-order valence-corrected chi connectivity index (χ1v) is 14.7. The summed E-state index contributed by atoms with van der Waals surface area (Å²) in [6, 6.07) is 15.2. The Hall–Kier alpha value is -2.66. The molecular weight excluding hydrogens is 506 g/mol. The molecule has 0 saturated heterocycles. The van der Waals surface area contributed by atoms with Gasteiger partial charge in [0.05, 0.1) is 16.5 Å².